The van der Waals surface area contributed by atoms with Gasteiger partial charge in [0.05, 0.1) is 87.5 Å². The Kier molecular flexibility index (Phi) is 24.6. The van der Waals surface area contributed by atoms with Crippen LogP contribution < -0.4 is 4.74 Å². The number of aliphatic hydroxyl groups excluding tert-OH is 3. The Labute approximate surface area is 610 Å². The zero-order chi connectivity index (χ0) is 75.2. The summed E-state index contributed by atoms with van der Waals surface area (Å²) < 4.78 is 168. The Bertz CT molecular complexity index is 3140. The summed E-state index contributed by atoms with van der Waals surface area (Å²) in [5.74, 6) is -5.40. The summed E-state index contributed by atoms with van der Waals surface area (Å²) in [6, 6.07) is 0. The van der Waals surface area contributed by atoms with Gasteiger partial charge in [0.1, 0.15) is 114 Å². The van der Waals surface area contributed by atoms with Crippen LogP contribution in [-0.4, -0.2) is 326 Å². The molecule has 104 heavy (non-hydrogen) atoms. The Hall–Kier alpha value is -2.89. The van der Waals surface area contributed by atoms with Crippen molar-refractivity contribution in [2.24, 2.45) is 0 Å². The van der Waals surface area contributed by atoms with Crippen molar-refractivity contribution in [2.75, 3.05) is 76.4 Å². The highest BCUT2D eigenvalue weighted by atomic mass is 35.5. The molecule has 2 unspecified atom stereocenters. The van der Waals surface area contributed by atoms with Crippen LogP contribution in [0.25, 0.3) is 0 Å². The van der Waals surface area contributed by atoms with Gasteiger partial charge in [0, 0.05) is 67.3 Å². The second-order valence-corrected chi connectivity index (χ2v) is 29.5. The molecule has 0 radical (unpaired) electrons. The summed E-state index contributed by atoms with van der Waals surface area (Å²) in [5, 5.41) is 71.1. The van der Waals surface area contributed by atoms with Gasteiger partial charge in [0.25, 0.3) is 11.5 Å². The summed E-state index contributed by atoms with van der Waals surface area (Å²) in [4.78, 5) is 26.5. The summed E-state index contributed by atoms with van der Waals surface area (Å²) in [7, 11) is 9.67. The van der Waals surface area contributed by atoms with Crippen molar-refractivity contribution >= 4 is 29.2 Å². The fourth-order valence-corrected chi connectivity index (χ4v) is 17.1. The molecule has 11 fully saturated rings. The number of fused-ring (bicyclic) bond motifs is 4. The van der Waals surface area contributed by atoms with Gasteiger partial charge < -0.3 is 153 Å². The van der Waals surface area contributed by atoms with Gasteiger partial charge in [-0.2, -0.15) is 0 Å². The van der Waals surface area contributed by atoms with Crippen molar-refractivity contribution in [1.29, 1.82) is 0 Å². The van der Waals surface area contributed by atoms with E-state index in [1.54, 1.807) is 48.5 Å². The van der Waals surface area contributed by atoms with Crippen LogP contribution in [0.2, 0.25) is 10.0 Å². The average molecular weight is 1540 g/mol. The van der Waals surface area contributed by atoms with E-state index < -0.39 is 230 Å². The van der Waals surface area contributed by atoms with Crippen molar-refractivity contribution in [3.63, 3.8) is 0 Å². The third kappa shape index (κ3) is 14.7. The van der Waals surface area contributed by atoms with E-state index in [-0.39, 0.29) is 79.2 Å². The number of benzene rings is 1. The molecule has 1 aromatic carbocycles. The van der Waals surface area contributed by atoms with Crippen LogP contribution in [-0.2, 0) is 123 Å². The summed E-state index contributed by atoms with van der Waals surface area (Å²) in [6.45, 7) is 13.9. The van der Waals surface area contributed by atoms with Crippen LogP contribution >= 0.6 is 23.2 Å². The summed E-state index contributed by atoms with van der Waals surface area (Å²) >= 11 is 12.8. The molecule has 0 saturated carbocycles. The number of halogens is 2. The van der Waals surface area contributed by atoms with E-state index in [0.717, 1.165) is 0 Å². The molecule has 36 nitrogen and oxygen atoms in total. The van der Waals surface area contributed by atoms with Crippen molar-refractivity contribution in [2.45, 2.75) is 301 Å². The second kappa shape index (κ2) is 31.7. The zero-order valence-corrected chi connectivity index (χ0v) is 62.2. The number of ether oxygens (including phenoxy) is 27. The quantitative estimate of drug-likeness (QED) is 0.0627. The number of hydrogen-bond donors (Lipinski definition) is 5. The van der Waals surface area contributed by atoms with Crippen LogP contribution in [0.1, 0.15) is 97.0 Å². The Morgan fingerprint density at radius 1 is 0.663 bits per heavy atom. The van der Waals surface area contributed by atoms with Crippen molar-refractivity contribution in [1.82, 2.24) is 0 Å². The van der Waals surface area contributed by atoms with Crippen LogP contribution in [0.15, 0.2) is 0 Å². The number of rotatable bonds is 22. The standard InChI is InChI=1S/C66H99Cl2NO35/c1-25-39(50(81-13)41(68)42(71)40(25)67)58(74)97-46-26(2)89-36(17-33(46)93-37-19-62(8,69(76)77)54(84-16)29(5)90-37)95-45-28(4)100-65(18-32(45)70)103-55-30(6)91-38(20-63(55,9)104-65)96-51-44(73)59(92-27(3)47(51)80-12)98-48-34(21-78-10)94-61(52(82-14)43(48)72)99-60-53(83-15)49-35(22-85-60)101-66(102-49)57-56(86-24-87-57)64(75,23-88-66)31(7)79-11/h26-38,43-49,51-57,59-61,70-73,75H,17-24H2,1-16H3/t26-,27-,28-,29+,30-,31-,32-,33-,34-,35+,36+,37-,38+,43+,44-,45-,46-,47+,48-,49-,51-,52+,53-,54+,55-,56-,57?,59+,60+,61+,62+,63-,64-,65-,66?/m1/s1. The monoisotopic (exact) mass is 1540 g/mol. The van der Waals surface area contributed by atoms with Gasteiger partial charge in [-0.25, -0.2) is 4.79 Å². The van der Waals surface area contributed by atoms with E-state index in [1.807, 2.05) is 0 Å². The Balaban J connectivity index is 0.689. The highest BCUT2D eigenvalue weighted by molar-refractivity contribution is 6.39. The SMILES string of the molecule is COC[C@H]1O[C@@H](O[C@@H]2OC[C@@H]3OC4(OC[C@@](O)([C@@H](C)OC)[C@@H]5OCOC54)O[C@H]3[C@H]2OC)[C@@H](OC)[C@@H](O)[C@@H]1O[C@@H]1O[C@H](C)[C@H](OC)[C@H](O[C@H]2C[C@@]3(C)O[C@@]4(C[C@@H](O)[C@H](O[C@H]5C[C@@H](O[C@@H]6C[C@](C)([N+](=O)[O-])[C@@H](OC)[C@H](C)O6)[C@H](OC(=O)c6c(C)c(Cl)c(O)c(Cl)c6OC)[C@@H](C)O5)[C@@H](C)O4)O[C@@H]3[C@@H](C)O2)[C@H]1O. The van der Waals surface area contributed by atoms with E-state index in [0.29, 0.717) is 0 Å². The molecule has 12 rings (SSSR count). The molecule has 2 spiro atoms. The lowest BCUT2D eigenvalue weighted by molar-refractivity contribution is -0.595. The minimum Gasteiger partial charge on any atom is -0.505 e. The molecule has 35 atom stereocenters. The molecule has 0 aromatic heterocycles. The van der Waals surface area contributed by atoms with Crippen molar-refractivity contribution in [3.05, 3.63) is 31.3 Å². The average Bonchev–Trinajstić information content (AvgIpc) is 1.55. The number of hydrogen-bond acceptors (Lipinski definition) is 35. The number of carbonyl (C=O) groups is 1. The first kappa shape index (κ1) is 80.6. The number of nitro groups is 1. The van der Waals surface area contributed by atoms with Gasteiger partial charge in [0.15, 0.2) is 67.6 Å². The number of carbonyl (C=O) groups excluding carboxylic acids is 1. The first-order valence-electron chi connectivity index (χ1n) is 34.7. The zero-order valence-electron chi connectivity index (χ0n) is 60.7. The minimum atomic E-state index is -1.86. The maximum absolute atomic E-state index is 14.3. The van der Waals surface area contributed by atoms with Gasteiger partial charge in [-0.3, -0.25) is 10.1 Å². The number of phenolic OH excluding ortho intramolecular Hbond substituents is 1. The molecule has 11 aliphatic rings. The topological polar surface area (TPSA) is 411 Å². The number of aliphatic hydroxyl groups is 4. The van der Waals surface area contributed by atoms with Gasteiger partial charge in [-0.1, -0.05) is 23.2 Å². The Morgan fingerprint density at radius 3 is 2.00 bits per heavy atom. The third-order valence-electron chi connectivity index (χ3n) is 22.0. The number of aromatic hydroxyl groups is 1. The van der Waals surface area contributed by atoms with E-state index in [4.69, 9.17) is 151 Å². The summed E-state index contributed by atoms with van der Waals surface area (Å²) in [5.41, 5.74) is -4.62. The predicted molar refractivity (Wildman–Crippen MR) is 344 cm³/mol. The number of phenols is 1. The second-order valence-electron chi connectivity index (χ2n) is 28.7. The first-order chi connectivity index (χ1) is 49.3. The molecule has 11 aliphatic heterocycles. The lowest BCUT2D eigenvalue weighted by Crippen LogP contribution is -2.69. The maximum Gasteiger partial charge on any atom is 0.342 e. The molecule has 0 aliphatic carbocycles. The van der Waals surface area contributed by atoms with E-state index >= 15 is 0 Å². The molecule has 11 saturated heterocycles. The molecule has 1 aromatic rings. The molecule has 5 N–H and O–H groups in total. The van der Waals surface area contributed by atoms with E-state index in [2.05, 4.69) is 0 Å². The highest BCUT2D eigenvalue weighted by Crippen LogP contribution is 2.53. The predicted octanol–water partition coefficient (Wildman–Crippen LogP) is 1.77. The van der Waals surface area contributed by atoms with Gasteiger partial charge in [0.2, 0.25) is 0 Å². The lowest BCUT2D eigenvalue weighted by atomic mass is 9.85. The smallest absolute Gasteiger partial charge is 0.342 e. The largest absolute Gasteiger partial charge is 0.505 e. The molecule has 0 bridgehead atoms. The van der Waals surface area contributed by atoms with Crippen LogP contribution in [0.5, 0.6) is 11.5 Å². The minimum absolute atomic E-state index is 0.0107. The normalized spacial score (nSPS) is 48.3. The molecule has 38 heteroatoms. The van der Waals surface area contributed by atoms with Crippen LogP contribution in [0.3, 0.4) is 0 Å². The molecule has 0 amide bonds. The Morgan fingerprint density at radius 2 is 1.34 bits per heavy atom. The van der Waals surface area contributed by atoms with E-state index in [1.165, 1.54) is 63.6 Å². The van der Waals surface area contributed by atoms with Gasteiger partial charge in [-0.05, 0) is 61.0 Å². The fourth-order valence-electron chi connectivity index (χ4n) is 16.6. The number of nitrogens with zero attached hydrogens (tertiary/aromatic N) is 1. The van der Waals surface area contributed by atoms with Crippen molar-refractivity contribution in [3.8, 4) is 11.5 Å². The number of esters is 1. The summed E-state index contributed by atoms with van der Waals surface area (Å²) in [6.07, 6.45) is -33.8. The fraction of sp³-hybridized carbons (Fsp3) is 0.894. The van der Waals surface area contributed by atoms with Crippen LogP contribution in [0, 0.1) is 17.0 Å². The maximum atomic E-state index is 14.3. The van der Waals surface area contributed by atoms with Crippen LogP contribution in [0.4, 0.5) is 0 Å². The van der Waals surface area contributed by atoms with Gasteiger partial charge >= 0.3 is 11.9 Å². The number of methoxy groups -OCH3 is 7. The highest BCUT2D eigenvalue weighted by Gasteiger charge is 2.71. The third-order valence-corrected chi connectivity index (χ3v) is 22.8. The molecular weight excluding hydrogens is 1440 g/mol. The molecule has 592 valence electrons. The van der Waals surface area contributed by atoms with Crippen molar-refractivity contribution < 1.29 is 163 Å². The lowest BCUT2D eigenvalue weighted by Gasteiger charge is -2.49. The van der Waals surface area contributed by atoms with Gasteiger partial charge in [-0.15, -0.1) is 0 Å². The first-order valence-corrected chi connectivity index (χ1v) is 35.5. The molecule has 11 heterocycles. The molecular formula is C66H99Cl2NO35. The van der Waals surface area contributed by atoms with E-state index in [9.17, 15) is 40.4 Å².